The van der Waals surface area contributed by atoms with E-state index in [0.29, 0.717) is 18.3 Å². The molecule has 2 bridgehead atoms. The summed E-state index contributed by atoms with van der Waals surface area (Å²) in [5.74, 6) is 0.870. The molecule has 0 spiro atoms. The van der Waals surface area contributed by atoms with Crippen LogP contribution in [0.4, 0.5) is 5.69 Å². The van der Waals surface area contributed by atoms with Crippen LogP contribution in [0.3, 0.4) is 0 Å². The standard InChI is InChI=1S/C24H26N4O2/c1-16-10-19(27-9-8-23(2,15-27)18-6-4-3-5-7-18)12-28-21(16)25-22(26-28)24-11-17(14-30-24)20(24)13-29/h3-7,10,12-13,17,20H,8-9,11,14-15H2,1-2H3/t17?,20?,23-,24?/m0/s1. The number of anilines is 1. The third kappa shape index (κ3) is 2.37. The lowest BCUT2D eigenvalue weighted by Crippen LogP contribution is -2.46. The largest absolute Gasteiger partial charge is 0.369 e. The number of fused-ring (bicyclic) bond motifs is 2. The lowest BCUT2D eigenvalue weighted by atomic mass is 9.64. The number of hydrogen-bond donors (Lipinski definition) is 0. The zero-order valence-corrected chi connectivity index (χ0v) is 17.4. The van der Waals surface area contributed by atoms with Crippen molar-refractivity contribution in [2.45, 2.75) is 37.7 Å². The number of benzene rings is 1. The summed E-state index contributed by atoms with van der Waals surface area (Å²) in [4.78, 5) is 18.8. The molecule has 6 heteroatoms. The highest BCUT2D eigenvalue weighted by atomic mass is 16.5. The van der Waals surface area contributed by atoms with Gasteiger partial charge in [0.15, 0.2) is 11.5 Å². The molecule has 1 aliphatic carbocycles. The van der Waals surface area contributed by atoms with Gasteiger partial charge in [0.2, 0.25) is 0 Å². The van der Waals surface area contributed by atoms with Crippen molar-refractivity contribution in [1.82, 2.24) is 14.6 Å². The first kappa shape index (κ1) is 18.1. The number of carbonyl (C=O) groups is 1. The van der Waals surface area contributed by atoms with Crippen LogP contribution < -0.4 is 4.90 Å². The average molecular weight is 402 g/mol. The van der Waals surface area contributed by atoms with Crippen molar-refractivity contribution in [3.63, 3.8) is 0 Å². The van der Waals surface area contributed by atoms with Crippen molar-refractivity contribution in [3.05, 3.63) is 59.5 Å². The molecule has 2 aromatic heterocycles. The van der Waals surface area contributed by atoms with E-state index in [1.165, 1.54) is 11.3 Å². The maximum atomic E-state index is 11.6. The van der Waals surface area contributed by atoms with E-state index in [-0.39, 0.29) is 11.3 Å². The quantitative estimate of drug-likeness (QED) is 0.627. The van der Waals surface area contributed by atoms with E-state index in [1.807, 2.05) is 4.52 Å². The number of hydrogen-bond acceptors (Lipinski definition) is 5. The zero-order chi connectivity index (χ0) is 20.5. The van der Waals surface area contributed by atoms with E-state index in [1.54, 1.807) is 0 Å². The second kappa shape index (κ2) is 6.14. The zero-order valence-electron chi connectivity index (χ0n) is 17.4. The summed E-state index contributed by atoms with van der Waals surface area (Å²) in [7, 11) is 0. The predicted octanol–water partition coefficient (Wildman–Crippen LogP) is 3.27. The number of carbonyl (C=O) groups excluding carboxylic acids is 1. The Labute approximate surface area is 175 Å². The van der Waals surface area contributed by atoms with Gasteiger partial charge in [-0.3, -0.25) is 0 Å². The third-order valence-corrected chi connectivity index (χ3v) is 7.60. The molecule has 154 valence electrons. The Morgan fingerprint density at radius 2 is 2.10 bits per heavy atom. The van der Waals surface area contributed by atoms with Crippen molar-refractivity contribution in [1.29, 1.82) is 0 Å². The summed E-state index contributed by atoms with van der Waals surface area (Å²) < 4.78 is 7.88. The monoisotopic (exact) mass is 402 g/mol. The van der Waals surface area contributed by atoms with E-state index < -0.39 is 5.60 Å². The molecule has 1 aromatic carbocycles. The summed E-state index contributed by atoms with van der Waals surface area (Å²) in [6, 6.07) is 13.0. The molecule has 3 unspecified atom stereocenters. The summed E-state index contributed by atoms with van der Waals surface area (Å²) in [6.45, 7) is 7.06. The Balaban J connectivity index is 1.34. The minimum absolute atomic E-state index is 0.111. The number of aldehydes is 1. The van der Waals surface area contributed by atoms with Gasteiger partial charge in [-0.05, 0) is 42.9 Å². The molecule has 0 radical (unpaired) electrons. The van der Waals surface area contributed by atoms with Crippen LogP contribution in [0, 0.1) is 18.8 Å². The van der Waals surface area contributed by atoms with Crippen LogP contribution in [-0.2, 0) is 20.5 Å². The minimum Gasteiger partial charge on any atom is -0.369 e. The first-order chi connectivity index (χ1) is 14.5. The number of ether oxygens (including phenoxy) is 1. The van der Waals surface area contributed by atoms with E-state index in [2.05, 4.69) is 61.3 Å². The van der Waals surface area contributed by atoms with Crippen molar-refractivity contribution >= 4 is 17.6 Å². The van der Waals surface area contributed by atoms with Gasteiger partial charge in [0.05, 0.1) is 24.4 Å². The number of aromatic nitrogens is 3. The molecule has 30 heavy (non-hydrogen) atoms. The Morgan fingerprint density at radius 1 is 1.27 bits per heavy atom. The molecule has 3 saturated heterocycles. The van der Waals surface area contributed by atoms with Crippen LogP contribution >= 0.6 is 0 Å². The highest BCUT2D eigenvalue weighted by molar-refractivity contribution is 5.62. The molecule has 0 N–H and O–H groups in total. The predicted molar refractivity (Wildman–Crippen MR) is 114 cm³/mol. The molecule has 3 aliphatic heterocycles. The summed E-state index contributed by atoms with van der Waals surface area (Å²) >= 11 is 0. The second-order valence-electron chi connectivity index (χ2n) is 9.51. The van der Waals surface area contributed by atoms with Gasteiger partial charge in [0.1, 0.15) is 11.9 Å². The Hall–Kier alpha value is -2.73. The van der Waals surface area contributed by atoms with Crippen LogP contribution in [0.1, 0.15) is 36.7 Å². The van der Waals surface area contributed by atoms with Crippen LogP contribution in [0.2, 0.25) is 0 Å². The van der Waals surface area contributed by atoms with Crippen molar-refractivity contribution in [2.75, 3.05) is 24.6 Å². The fourth-order valence-corrected chi connectivity index (χ4v) is 5.71. The van der Waals surface area contributed by atoms with Crippen LogP contribution in [0.15, 0.2) is 42.6 Å². The normalized spacial score (nSPS) is 32.5. The summed E-state index contributed by atoms with van der Waals surface area (Å²) in [6.07, 6.45) is 5.07. The van der Waals surface area contributed by atoms with Gasteiger partial charge in [-0.2, -0.15) is 0 Å². The van der Waals surface area contributed by atoms with Gasteiger partial charge in [0.25, 0.3) is 0 Å². The number of aryl methyl sites for hydroxylation is 1. The molecular weight excluding hydrogens is 376 g/mol. The minimum atomic E-state index is -0.607. The van der Waals surface area contributed by atoms with Crippen LogP contribution in [0.25, 0.3) is 5.65 Å². The maximum absolute atomic E-state index is 11.6. The van der Waals surface area contributed by atoms with E-state index in [0.717, 1.165) is 43.4 Å². The van der Waals surface area contributed by atoms with Gasteiger partial charge in [-0.25, -0.2) is 9.50 Å². The molecular formula is C24H26N4O2. The number of nitrogens with zero attached hydrogens (tertiary/aromatic N) is 4. The van der Waals surface area contributed by atoms with Crippen LogP contribution in [0.5, 0.6) is 0 Å². The molecule has 4 atom stereocenters. The SMILES string of the molecule is Cc1cc(N2CC[C@](C)(c3ccccc3)C2)cn2nc(C34CC(CO3)C4C=O)nc12. The van der Waals surface area contributed by atoms with E-state index in [9.17, 15) is 4.79 Å². The highest BCUT2D eigenvalue weighted by Crippen LogP contribution is 2.58. The summed E-state index contributed by atoms with van der Waals surface area (Å²) in [5, 5.41) is 4.78. The molecule has 0 amide bonds. The molecule has 3 aromatic rings. The van der Waals surface area contributed by atoms with Crippen molar-refractivity contribution < 1.29 is 9.53 Å². The van der Waals surface area contributed by atoms with Gasteiger partial charge in [-0.15, -0.1) is 5.10 Å². The lowest BCUT2D eigenvalue weighted by Gasteiger charge is -2.39. The highest BCUT2D eigenvalue weighted by Gasteiger charge is 2.64. The fourth-order valence-electron chi connectivity index (χ4n) is 5.71. The molecule has 6 nitrogen and oxygen atoms in total. The number of rotatable bonds is 4. The first-order valence-electron chi connectivity index (χ1n) is 10.8. The molecule has 5 heterocycles. The van der Waals surface area contributed by atoms with Gasteiger partial charge < -0.3 is 14.4 Å². The maximum Gasteiger partial charge on any atom is 0.184 e. The number of pyridine rings is 1. The van der Waals surface area contributed by atoms with Crippen LogP contribution in [-0.4, -0.2) is 40.6 Å². The molecule has 7 rings (SSSR count). The van der Waals surface area contributed by atoms with Crippen molar-refractivity contribution in [2.24, 2.45) is 11.8 Å². The first-order valence-corrected chi connectivity index (χ1v) is 10.8. The second-order valence-corrected chi connectivity index (χ2v) is 9.51. The van der Waals surface area contributed by atoms with Gasteiger partial charge in [0, 0.05) is 18.5 Å². The van der Waals surface area contributed by atoms with Gasteiger partial charge >= 0.3 is 0 Å². The Kier molecular flexibility index (Phi) is 3.70. The fraction of sp³-hybridized carbons (Fsp3) is 0.458. The average Bonchev–Trinajstić information content (AvgIpc) is 3.51. The van der Waals surface area contributed by atoms with Gasteiger partial charge in [-0.1, -0.05) is 37.3 Å². The topological polar surface area (TPSA) is 59.7 Å². The Bertz CT molecular complexity index is 1140. The van der Waals surface area contributed by atoms with E-state index >= 15 is 0 Å². The smallest absolute Gasteiger partial charge is 0.184 e. The molecule has 4 aliphatic rings. The Morgan fingerprint density at radius 3 is 2.87 bits per heavy atom. The summed E-state index contributed by atoms with van der Waals surface area (Å²) in [5.41, 5.74) is 4.03. The van der Waals surface area contributed by atoms with Crippen molar-refractivity contribution in [3.8, 4) is 0 Å². The lowest BCUT2D eigenvalue weighted by molar-refractivity contribution is -0.128. The molecule has 4 fully saturated rings. The van der Waals surface area contributed by atoms with E-state index in [4.69, 9.17) is 14.8 Å². The molecule has 1 saturated carbocycles. The third-order valence-electron chi connectivity index (χ3n) is 7.60.